The third-order valence-corrected chi connectivity index (χ3v) is 6.42. The highest BCUT2D eigenvalue weighted by Gasteiger charge is 2.81. The van der Waals surface area contributed by atoms with Gasteiger partial charge in [-0.3, -0.25) is 14.4 Å². The van der Waals surface area contributed by atoms with E-state index in [4.69, 9.17) is 16.3 Å². The summed E-state index contributed by atoms with van der Waals surface area (Å²) < 4.78 is 5.18. The van der Waals surface area contributed by atoms with Gasteiger partial charge in [-0.2, -0.15) is 0 Å². The summed E-state index contributed by atoms with van der Waals surface area (Å²) in [6, 6.07) is 21.4. The lowest BCUT2D eigenvalue weighted by Gasteiger charge is -2.39. The van der Waals surface area contributed by atoms with Crippen molar-refractivity contribution in [2.45, 2.75) is 28.7 Å². The summed E-state index contributed by atoms with van der Waals surface area (Å²) in [5, 5.41) is 41.9. The molecule has 1 saturated heterocycles. The largest absolute Gasteiger partial charge is 0.382 e. The number of ether oxygens (including phenoxy) is 1. The molecule has 4 rings (SSSR count). The van der Waals surface area contributed by atoms with Crippen LogP contribution in [-0.4, -0.2) is 66.4 Å². The first-order valence-electron chi connectivity index (χ1n) is 10.6. The number of aliphatic hydroxyl groups is 4. The summed E-state index contributed by atoms with van der Waals surface area (Å²) in [5.41, 5.74) is -7.35. The molecule has 180 valence electrons. The zero-order valence-corrected chi connectivity index (χ0v) is 18.9. The molecule has 3 aromatic carbocycles. The van der Waals surface area contributed by atoms with Gasteiger partial charge in [-0.1, -0.05) is 103 Å². The lowest BCUT2D eigenvalue weighted by atomic mass is 9.70. The Balaban J connectivity index is 1.91. The van der Waals surface area contributed by atoms with Gasteiger partial charge < -0.3 is 25.2 Å². The van der Waals surface area contributed by atoms with Crippen LogP contribution < -0.4 is 0 Å². The molecule has 0 aliphatic carbocycles. The Labute approximate surface area is 205 Å². The van der Waals surface area contributed by atoms with E-state index in [0.717, 1.165) is 0 Å². The van der Waals surface area contributed by atoms with Crippen LogP contribution in [0, 0.1) is 0 Å². The van der Waals surface area contributed by atoms with Crippen LogP contribution in [0.1, 0.15) is 31.1 Å². The van der Waals surface area contributed by atoms with Crippen LogP contribution in [0.3, 0.4) is 0 Å². The van der Waals surface area contributed by atoms with Crippen LogP contribution in [0.15, 0.2) is 91.0 Å². The zero-order chi connectivity index (χ0) is 25.4. The normalized spacial score (nSPS) is 28.9. The quantitative estimate of drug-likeness (QED) is 0.286. The first-order chi connectivity index (χ1) is 16.6. The number of carbonyl (C=O) groups excluding carboxylic acids is 3. The molecule has 0 radical (unpaired) electrons. The molecule has 0 aromatic heterocycles. The highest BCUT2D eigenvalue weighted by Crippen LogP contribution is 2.52. The van der Waals surface area contributed by atoms with E-state index in [1.807, 2.05) is 0 Å². The molecule has 0 bridgehead atoms. The molecule has 4 N–H and O–H groups in total. The lowest BCUT2D eigenvalue weighted by Crippen LogP contribution is -2.71. The van der Waals surface area contributed by atoms with E-state index in [-0.39, 0.29) is 16.7 Å². The zero-order valence-electron chi connectivity index (χ0n) is 18.1. The van der Waals surface area contributed by atoms with Crippen LogP contribution in [0.2, 0.25) is 0 Å². The van der Waals surface area contributed by atoms with Crippen molar-refractivity contribution in [3.8, 4) is 0 Å². The maximum atomic E-state index is 13.6. The van der Waals surface area contributed by atoms with Gasteiger partial charge in [0, 0.05) is 16.7 Å². The van der Waals surface area contributed by atoms with Gasteiger partial charge in [0.1, 0.15) is 12.2 Å². The van der Waals surface area contributed by atoms with Crippen LogP contribution in [0.5, 0.6) is 0 Å². The molecule has 35 heavy (non-hydrogen) atoms. The summed E-state index contributed by atoms with van der Waals surface area (Å²) in [6.45, 7) is 0. The standard InChI is InChI=1S/C26H21ClO8/c27-26(34)25(33,22(31)18-14-8-3-9-15-18)24(32,21(30)17-12-6-2-7-13-17)23(35-26)20(29)19(28)16-10-4-1-5-11-16/h1-15,20,23,29,32-34H/t20?,23-,24-,25-,26?/m1/s1. The molecule has 9 heteroatoms. The molecule has 2 unspecified atom stereocenters. The van der Waals surface area contributed by atoms with Crippen molar-refractivity contribution in [2.24, 2.45) is 0 Å². The van der Waals surface area contributed by atoms with Crippen molar-refractivity contribution in [3.05, 3.63) is 108 Å². The molecule has 0 spiro atoms. The van der Waals surface area contributed by atoms with Gasteiger partial charge in [0.25, 0.3) is 5.25 Å². The van der Waals surface area contributed by atoms with E-state index >= 15 is 0 Å². The van der Waals surface area contributed by atoms with Crippen LogP contribution in [0.4, 0.5) is 0 Å². The first-order valence-corrected chi connectivity index (χ1v) is 10.9. The summed E-state index contributed by atoms with van der Waals surface area (Å²) in [7, 11) is 0. The molecule has 8 nitrogen and oxygen atoms in total. The van der Waals surface area contributed by atoms with E-state index in [0.29, 0.717) is 0 Å². The maximum Gasteiger partial charge on any atom is 0.287 e. The van der Waals surface area contributed by atoms with Crippen molar-refractivity contribution in [1.82, 2.24) is 0 Å². The third-order valence-electron chi connectivity index (χ3n) is 6.05. The molecule has 3 aromatic rings. The van der Waals surface area contributed by atoms with Gasteiger partial charge in [-0.15, -0.1) is 0 Å². The first kappa shape index (κ1) is 24.9. The van der Waals surface area contributed by atoms with Gasteiger partial charge in [-0.25, -0.2) is 0 Å². The van der Waals surface area contributed by atoms with Gasteiger partial charge in [-0.05, 0) is 0 Å². The number of rotatable bonds is 7. The number of aliphatic hydroxyl groups excluding tert-OH is 1. The van der Waals surface area contributed by atoms with Crippen LogP contribution >= 0.6 is 11.6 Å². The van der Waals surface area contributed by atoms with E-state index in [9.17, 15) is 34.8 Å². The molecule has 1 aliphatic heterocycles. The molecule has 5 atom stereocenters. The summed E-state index contributed by atoms with van der Waals surface area (Å²) in [6.07, 6.45) is -4.64. The highest BCUT2D eigenvalue weighted by atomic mass is 35.5. The Hall–Kier alpha value is -3.24. The Bertz CT molecular complexity index is 1250. The molecule has 1 fully saturated rings. The second kappa shape index (κ2) is 9.09. The number of Topliss-reactive ketones (excluding diaryl/α,β-unsaturated/α-hetero) is 3. The predicted molar refractivity (Wildman–Crippen MR) is 124 cm³/mol. The molecule has 0 amide bonds. The second-order valence-electron chi connectivity index (χ2n) is 8.14. The smallest absolute Gasteiger partial charge is 0.287 e. The average Bonchev–Trinajstić information content (AvgIpc) is 3.07. The minimum Gasteiger partial charge on any atom is -0.382 e. The monoisotopic (exact) mass is 496 g/mol. The van der Waals surface area contributed by atoms with Crippen molar-refractivity contribution in [2.75, 3.05) is 0 Å². The summed E-state index contributed by atoms with van der Waals surface area (Å²) in [4.78, 5) is 40.1. The number of hydrogen-bond acceptors (Lipinski definition) is 8. The fourth-order valence-corrected chi connectivity index (χ4v) is 4.52. The number of alkyl halides is 1. The van der Waals surface area contributed by atoms with Crippen LogP contribution in [-0.2, 0) is 4.74 Å². The lowest BCUT2D eigenvalue weighted by molar-refractivity contribution is -0.197. The summed E-state index contributed by atoms with van der Waals surface area (Å²) in [5.74, 6) is -3.66. The fourth-order valence-electron chi connectivity index (χ4n) is 4.20. The van der Waals surface area contributed by atoms with Gasteiger partial charge in [0.2, 0.25) is 17.2 Å². The van der Waals surface area contributed by atoms with Gasteiger partial charge >= 0.3 is 0 Å². The highest BCUT2D eigenvalue weighted by molar-refractivity contribution is 6.28. The Kier molecular flexibility index (Phi) is 6.46. The number of halogens is 1. The van der Waals surface area contributed by atoms with Crippen molar-refractivity contribution in [3.63, 3.8) is 0 Å². The van der Waals surface area contributed by atoms with Gasteiger partial charge in [0.05, 0.1) is 0 Å². The minimum atomic E-state index is -3.53. The van der Waals surface area contributed by atoms with Gasteiger partial charge in [0.15, 0.2) is 11.4 Å². The number of hydrogen-bond donors (Lipinski definition) is 4. The van der Waals surface area contributed by atoms with Crippen LogP contribution in [0.25, 0.3) is 0 Å². The molecule has 1 aliphatic rings. The van der Waals surface area contributed by atoms with E-state index in [2.05, 4.69) is 0 Å². The predicted octanol–water partition coefficient (Wildman–Crippen LogP) is 1.74. The number of ketones is 3. The molecule has 1 heterocycles. The van der Waals surface area contributed by atoms with Crippen molar-refractivity contribution in [1.29, 1.82) is 0 Å². The van der Waals surface area contributed by atoms with E-state index < -0.39 is 46.0 Å². The van der Waals surface area contributed by atoms with Crippen molar-refractivity contribution >= 4 is 29.0 Å². The average molecular weight is 497 g/mol. The molecular formula is C26H21ClO8. The number of carbonyl (C=O) groups is 3. The Morgan fingerprint density at radius 1 is 0.714 bits per heavy atom. The van der Waals surface area contributed by atoms with E-state index in [1.165, 1.54) is 72.8 Å². The minimum absolute atomic E-state index is 0.0129. The van der Waals surface area contributed by atoms with E-state index in [1.54, 1.807) is 18.2 Å². The SMILES string of the molecule is O=C(c1ccccc1)C(O)[C@H]1OC(O)(Cl)[C@@](O)(C(=O)c2ccccc2)[C@@]1(O)C(=O)c1ccccc1. The molecular weight excluding hydrogens is 476 g/mol. The Morgan fingerprint density at radius 2 is 1.11 bits per heavy atom. The maximum absolute atomic E-state index is 13.6. The summed E-state index contributed by atoms with van der Waals surface area (Å²) >= 11 is 6.05. The second-order valence-corrected chi connectivity index (χ2v) is 8.65. The van der Waals surface area contributed by atoms with Crippen molar-refractivity contribution < 1.29 is 39.5 Å². The number of benzene rings is 3. The Morgan fingerprint density at radius 3 is 1.57 bits per heavy atom. The fraction of sp³-hybridized carbons (Fsp3) is 0.192. The topological polar surface area (TPSA) is 141 Å². The third kappa shape index (κ3) is 3.81. The molecule has 0 saturated carbocycles.